The van der Waals surface area contributed by atoms with Gasteiger partial charge in [-0.2, -0.15) is 0 Å². The summed E-state index contributed by atoms with van der Waals surface area (Å²) in [5.41, 5.74) is 12.0. The van der Waals surface area contributed by atoms with Gasteiger partial charge in [0, 0.05) is 48.8 Å². The van der Waals surface area contributed by atoms with E-state index in [-0.39, 0.29) is 12.2 Å². The molecule has 0 aliphatic carbocycles. The number of amides is 2. The van der Waals surface area contributed by atoms with Crippen molar-refractivity contribution in [3.63, 3.8) is 0 Å². The van der Waals surface area contributed by atoms with Crippen molar-refractivity contribution in [3.05, 3.63) is 77.5 Å². The van der Waals surface area contributed by atoms with Gasteiger partial charge < -0.3 is 31.5 Å². The van der Waals surface area contributed by atoms with Crippen LogP contribution in [-0.4, -0.2) is 63.4 Å². The molecule has 0 saturated carbocycles. The molecule has 3 aliphatic heterocycles. The number of rotatable bonds is 9. The summed E-state index contributed by atoms with van der Waals surface area (Å²) in [6.45, 7) is 4.52. The van der Waals surface area contributed by atoms with Crippen LogP contribution in [0.5, 0.6) is 0 Å². The molecule has 0 radical (unpaired) electrons. The number of anilines is 2. The van der Waals surface area contributed by atoms with E-state index in [1.54, 1.807) is 4.90 Å². The Bertz CT molecular complexity index is 1150. The van der Waals surface area contributed by atoms with Gasteiger partial charge in [0.25, 0.3) is 0 Å². The van der Waals surface area contributed by atoms with Gasteiger partial charge >= 0.3 is 6.03 Å². The molecule has 5 N–H and O–H groups in total. The molecule has 8 nitrogen and oxygen atoms in total. The maximum absolute atomic E-state index is 12.9. The standard InChI is InChI=1S/C29H39N7O/c1-34(2)24-11-15-35(16-12-24)26-6-3-5-22(17-26)27-18-23-20-36(29(37)33-28(23)32-27)25-9-7-21(8-10-25)19-31-14-4-13-30/h3,5-10,17-18,20,24,28,31-32H,4,11-16,19,30H2,1-2H3,(H,33,37). The average Bonchev–Trinajstić information content (AvgIpc) is 3.34. The Morgan fingerprint density at radius 3 is 2.57 bits per heavy atom. The second kappa shape index (κ2) is 11.4. The molecule has 1 saturated heterocycles. The maximum Gasteiger partial charge on any atom is 0.327 e. The van der Waals surface area contributed by atoms with Gasteiger partial charge in [-0.1, -0.05) is 24.3 Å². The number of hydrogen-bond acceptors (Lipinski definition) is 6. The van der Waals surface area contributed by atoms with Gasteiger partial charge in [-0.25, -0.2) is 4.79 Å². The predicted octanol–water partition coefficient (Wildman–Crippen LogP) is 3.04. The first kappa shape index (κ1) is 25.3. The Kier molecular flexibility index (Phi) is 7.79. The van der Waals surface area contributed by atoms with Gasteiger partial charge in [-0.15, -0.1) is 0 Å². The predicted molar refractivity (Wildman–Crippen MR) is 151 cm³/mol. The summed E-state index contributed by atoms with van der Waals surface area (Å²) in [5.74, 6) is 0. The highest BCUT2D eigenvalue weighted by atomic mass is 16.2. The Morgan fingerprint density at radius 2 is 1.84 bits per heavy atom. The molecular weight excluding hydrogens is 462 g/mol. The summed E-state index contributed by atoms with van der Waals surface area (Å²) in [4.78, 5) is 19.4. The van der Waals surface area contributed by atoms with Gasteiger partial charge in [0.05, 0.1) is 5.69 Å². The largest absolute Gasteiger partial charge is 0.371 e. The second-order valence-electron chi connectivity index (χ2n) is 10.3. The molecule has 1 fully saturated rings. The molecule has 0 aromatic heterocycles. The number of benzene rings is 2. The normalized spacial score (nSPS) is 19.9. The molecule has 3 heterocycles. The third kappa shape index (κ3) is 5.82. The zero-order valence-electron chi connectivity index (χ0n) is 21.9. The molecule has 1 unspecified atom stereocenters. The van der Waals surface area contributed by atoms with Crippen LogP contribution in [0.15, 0.2) is 66.4 Å². The molecule has 8 heteroatoms. The molecule has 3 aliphatic rings. The van der Waals surface area contributed by atoms with E-state index < -0.39 is 0 Å². The lowest BCUT2D eigenvalue weighted by molar-refractivity contribution is 0.244. The van der Waals surface area contributed by atoms with Crippen molar-refractivity contribution in [1.82, 2.24) is 20.9 Å². The highest BCUT2D eigenvalue weighted by molar-refractivity contribution is 5.96. The summed E-state index contributed by atoms with van der Waals surface area (Å²) in [5, 5.41) is 9.98. The van der Waals surface area contributed by atoms with Crippen LogP contribution in [0.2, 0.25) is 0 Å². The molecule has 37 heavy (non-hydrogen) atoms. The Balaban J connectivity index is 1.27. The second-order valence-corrected chi connectivity index (χ2v) is 10.3. The fourth-order valence-corrected chi connectivity index (χ4v) is 5.27. The van der Waals surface area contributed by atoms with Crippen LogP contribution >= 0.6 is 0 Å². The van der Waals surface area contributed by atoms with E-state index in [1.807, 2.05) is 18.3 Å². The van der Waals surface area contributed by atoms with Crippen molar-refractivity contribution in [3.8, 4) is 0 Å². The first-order valence-electron chi connectivity index (χ1n) is 13.3. The van der Waals surface area contributed by atoms with Gasteiger partial charge in [0.2, 0.25) is 0 Å². The van der Waals surface area contributed by atoms with Crippen molar-refractivity contribution < 1.29 is 4.79 Å². The molecule has 1 atom stereocenters. The fourth-order valence-electron chi connectivity index (χ4n) is 5.27. The van der Waals surface area contributed by atoms with Gasteiger partial charge in [0.1, 0.15) is 6.17 Å². The molecule has 0 bridgehead atoms. The van der Waals surface area contributed by atoms with E-state index in [1.165, 1.54) is 24.1 Å². The number of urea groups is 1. The summed E-state index contributed by atoms with van der Waals surface area (Å²) >= 11 is 0. The van der Waals surface area contributed by atoms with Crippen LogP contribution in [0.3, 0.4) is 0 Å². The topological polar surface area (TPSA) is 88.9 Å². The number of nitrogens with two attached hydrogens (primary N) is 1. The van der Waals surface area contributed by atoms with Crippen molar-refractivity contribution >= 4 is 23.1 Å². The van der Waals surface area contributed by atoms with Crippen molar-refractivity contribution in [2.75, 3.05) is 50.1 Å². The van der Waals surface area contributed by atoms with E-state index in [0.717, 1.165) is 55.1 Å². The van der Waals surface area contributed by atoms with Gasteiger partial charge in [0.15, 0.2) is 0 Å². The van der Waals surface area contributed by atoms with Crippen molar-refractivity contribution in [1.29, 1.82) is 0 Å². The number of hydrogen-bond donors (Lipinski definition) is 4. The lowest BCUT2D eigenvalue weighted by atomic mass is 10.0. The average molecular weight is 502 g/mol. The summed E-state index contributed by atoms with van der Waals surface area (Å²) < 4.78 is 0. The molecule has 2 amide bonds. The third-order valence-electron chi connectivity index (χ3n) is 7.53. The van der Waals surface area contributed by atoms with Crippen molar-refractivity contribution in [2.45, 2.75) is 38.0 Å². The molecule has 0 spiro atoms. The Morgan fingerprint density at radius 1 is 1.05 bits per heavy atom. The SMILES string of the molecule is CN(C)C1CCN(c2cccc(C3=CC4=CN(c5ccc(CNCCCN)cc5)C(=O)NC4N3)c2)CC1. The smallest absolute Gasteiger partial charge is 0.327 e. The van der Waals surface area contributed by atoms with Gasteiger partial charge in [-0.3, -0.25) is 4.90 Å². The van der Waals surface area contributed by atoms with E-state index in [2.05, 4.69) is 82.3 Å². The monoisotopic (exact) mass is 501 g/mol. The zero-order valence-corrected chi connectivity index (χ0v) is 21.9. The number of carbonyl (C=O) groups excluding carboxylic acids is 1. The minimum Gasteiger partial charge on any atom is -0.371 e. The first-order valence-corrected chi connectivity index (χ1v) is 13.3. The van der Waals surface area contributed by atoms with Crippen molar-refractivity contribution in [2.24, 2.45) is 5.73 Å². The summed E-state index contributed by atoms with van der Waals surface area (Å²) in [6.07, 6.45) is 7.19. The first-order chi connectivity index (χ1) is 18.0. The molecule has 196 valence electrons. The summed E-state index contributed by atoms with van der Waals surface area (Å²) in [6, 6.07) is 17.3. The van der Waals surface area contributed by atoms with Crippen LogP contribution in [0.1, 0.15) is 30.4 Å². The fraction of sp³-hybridized carbons (Fsp3) is 0.414. The third-order valence-corrected chi connectivity index (χ3v) is 7.53. The molecule has 5 rings (SSSR count). The minimum absolute atomic E-state index is 0.137. The minimum atomic E-state index is -0.218. The molecule has 2 aromatic carbocycles. The number of fused-ring (bicyclic) bond motifs is 1. The van der Waals surface area contributed by atoms with E-state index in [4.69, 9.17) is 5.73 Å². The van der Waals surface area contributed by atoms with Crippen LogP contribution in [0.4, 0.5) is 16.2 Å². The highest BCUT2D eigenvalue weighted by Gasteiger charge is 2.31. The van der Waals surface area contributed by atoms with Crippen LogP contribution < -0.4 is 31.5 Å². The van der Waals surface area contributed by atoms with E-state index in [0.29, 0.717) is 12.6 Å². The maximum atomic E-state index is 12.9. The van der Waals surface area contributed by atoms with E-state index in [9.17, 15) is 4.79 Å². The van der Waals surface area contributed by atoms with Crippen LogP contribution in [0.25, 0.3) is 5.70 Å². The lowest BCUT2D eigenvalue weighted by Crippen LogP contribution is -2.51. The number of carbonyl (C=O) groups is 1. The van der Waals surface area contributed by atoms with Crippen LogP contribution in [-0.2, 0) is 6.54 Å². The van der Waals surface area contributed by atoms with Gasteiger partial charge in [-0.05, 0) is 87.9 Å². The Hall–Kier alpha value is -3.33. The number of nitrogens with zero attached hydrogens (tertiary/aromatic N) is 3. The lowest BCUT2D eigenvalue weighted by Gasteiger charge is -2.36. The molecule has 2 aromatic rings. The highest BCUT2D eigenvalue weighted by Crippen LogP contribution is 2.30. The quantitative estimate of drug-likeness (QED) is 0.395. The zero-order chi connectivity index (χ0) is 25.8. The number of nitrogens with one attached hydrogen (secondary N) is 3. The Labute approximate surface area is 220 Å². The molecular formula is C29H39N7O. The number of piperidine rings is 1. The summed E-state index contributed by atoms with van der Waals surface area (Å²) in [7, 11) is 4.34. The van der Waals surface area contributed by atoms with Crippen LogP contribution in [0, 0.1) is 0 Å². The van der Waals surface area contributed by atoms with E-state index >= 15 is 0 Å².